The van der Waals surface area contributed by atoms with Crippen molar-refractivity contribution < 1.29 is 14.3 Å². The normalized spacial score (nSPS) is 13.8. The average Bonchev–Trinajstić information content (AvgIpc) is 2.37. The third-order valence-electron chi connectivity index (χ3n) is 2.82. The lowest BCUT2D eigenvalue weighted by Gasteiger charge is -2.18. The summed E-state index contributed by atoms with van der Waals surface area (Å²) in [4.78, 5) is 11.4. The number of carbonyl (C=O) groups excluding carboxylic acids is 1. The number of rotatable bonds is 5. The van der Waals surface area contributed by atoms with E-state index in [0.29, 0.717) is 6.61 Å². The van der Waals surface area contributed by atoms with Gasteiger partial charge < -0.3 is 9.47 Å². The Balaban J connectivity index is 1.81. The standard InChI is InChI=1S/C14H20N2O3/c1-16(2)15-14(17)10-18-9-11-5-6-13-12(8-11)4-3-7-19-13/h5-6,8H,3-4,7,9-10H2,1-2H3,(H,15,17). The van der Waals surface area contributed by atoms with Crippen molar-refractivity contribution in [3.05, 3.63) is 29.3 Å². The van der Waals surface area contributed by atoms with E-state index in [9.17, 15) is 4.79 Å². The van der Waals surface area contributed by atoms with E-state index in [1.54, 1.807) is 19.1 Å². The number of hydrazine groups is 1. The van der Waals surface area contributed by atoms with Crippen LogP contribution in [0.4, 0.5) is 0 Å². The lowest BCUT2D eigenvalue weighted by Crippen LogP contribution is -2.38. The molecule has 0 saturated carbocycles. The fourth-order valence-electron chi connectivity index (χ4n) is 2.05. The summed E-state index contributed by atoms with van der Waals surface area (Å²) in [6.45, 7) is 1.30. The van der Waals surface area contributed by atoms with Crippen LogP contribution >= 0.6 is 0 Å². The first-order chi connectivity index (χ1) is 9.15. The number of amides is 1. The molecule has 1 aliphatic heterocycles. The molecule has 1 heterocycles. The molecule has 0 saturated heterocycles. The number of nitrogens with zero attached hydrogens (tertiary/aromatic N) is 1. The minimum atomic E-state index is -0.147. The maximum Gasteiger partial charge on any atom is 0.260 e. The number of carbonyl (C=O) groups is 1. The Labute approximate surface area is 113 Å². The summed E-state index contributed by atoms with van der Waals surface area (Å²) < 4.78 is 10.9. The molecule has 0 spiro atoms. The number of hydrogen-bond donors (Lipinski definition) is 1. The van der Waals surface area contributed by atoms with Crippen molar-refractivity contribution in [3.63, 3.8) is 0 Å². The summed E-state index contributed by atoms with van der Waals surface area (Å²) >= 11 is 0. The maximum absolute atomic E-state index is 11.4. The first kappa shape index (κ1) is 13.8. The molecule has 5 heteroatoms. The quantitative estimate of drug-likeness (QED) is 0.810. The zero-order valence-electron chi connectivity index (χ0n) is 11.4. The Morgan fingerprint density at radius 3 is 3.11 bits per heavy atom. The van der Waals surface area contributed by atoms with Gasteiger partial charge in [0.2, 0.25) is 0 Å². The highest BCUT2D eigenvalue weighted by molar-refractivity contribution is 5.76. The molecule has 104 valence electrons. The van der Waals surface area contributed by atoms with Crippen LogP contribution in [0.2, 0.25) is 0 Å². The molecule has 0 atom stereocenters. The monoisotopic (exact) mass is 264 g/mol. The first-order valence-electron chi connectivity index (χ1n) is 6.44. The van der Waals surface area contributed by atoms with Gasteiger partial charge in [0.1, 0.15) is 12.4 Å². The van der Waals surface area contributed by atoms with Crippen LogP contribution in [0.15, 0.2) is 18.2 Å². The molecule has 5 nitrogen and oxygen atoms in total. The smallest absolute Gasteiger partial charge is 0.260 e. The molecular weight excluding hydrogens is 244 g/mol. The van der Waals surface area contributed by atoms with Gasteiger partial charge in [-0.3, -0.25) is 10.2 Å². The zero-order valence-corrected chi connectivity index (χ0v) is 11.4. The molecular formula is C14H20N2O3. The van der Waals surface area contributed by atoms with E-state index in [0.717, 1.165) is 30.8 Å². The Bertz CT molecular complexity index is 446. The van der Waals surface area contributed by atoms with Gasteiger partial charge in [-0.2, -0.15) is 0 Å². The van der Waals surface area contributed by atoms with Crippen LogP contribution in [0.3, 0.4) is 0 Å². The Morgan fingerprint density at radius 2 is 2.32 bits per heavy atom. The summed E-state index contributed by atoms with van der Waals surface area (Å²) in [6, 6.07) is 6.05. The predicted molar refractivity (Wildman–Crippen MR) is 71.7 cm³/mol. The molecule has 0 aliphatic carbocycles. The van der Waals surface area contributed by atoms with Gasteiger partial charge in [-0.1, -0.05) is 6.07 Å². The highest BCUT2D eigenvalue weighted by atomic mass is 16.5. The van der Waals surface area contributed by atoms with Gasteiger partial charge in [0, 0.05) is 14.1 Å². The summed E-state index contributed by atoms with van der Waals surface area (Å²) in [7, 11) is 3.53. The zero-order chi connectivity index (χ0) is 13.7. The maximum atomic E-state index is 11.4. The largest absolute Gasteiger partial charge is 0.493 e. The van der Waals surface area contributed by atoms with Crippen molar-refractivity contribution in [2.24, 2.45) is 0 Å². The number of aryl methyl sites for hydroxylation is 1. The molecule has 1 N–H and O–H groups in total. The second kappa shape index (κ2) is 6.54. The van der Waals surface area contributed by atoms with E-state index < -0.39 is 0 Å². The first-order valence-corrected chi connectivity index (χ1v) is 6.44. The molecule has 0 radical (unpaired) electrons. The minimum absolute atomic E-state index is 0.0613. The van der Waals surface area contributed by atoms with E-state index in [-0.39, 0.29) is 12.5 Å². The third-order valence-corrected chi connectivity index (χ3v) is 2.82. The van der Waals surface area contributed by atoms with Gasteiger partial charge in [0.25, 0.3) is 5.91 Å². The third kappa shape index (κ3) is 4.22. The van der Waals surface area contributed by atoms with Crippen LogP contribution in [0.1, 0.15) is 17.5 Å². The number of benzene rings is 1. The SMILES string of the molecule is CN(C)NC(=O)COCc1ccc2c(c1)CCCO2. The molecule has 0 aromatic heterocycles. The van der Waals surface area contributed by atoms with Gasteiger partial charge in [-0.25, -0.2) is 5.01 Å². The molecule has 19 heavy (non-hydrogen) atoms. The summed E-state index contributed by atoms with van der Waals surface area (Å²) in [5.41, 5.74) is 4.93. The molecule has 1 amide bonds. The molecule has 2 rings (SSSR count). The molecule has 1 aromatic rings. The van der Waals surface area contributed by atoms with Crippen LogP contribution in [-0.4, -0.2) is 38.2 Å². The predicted octanol–water partition coefficient (Wildman–Crippen LogP) is 1.12. The Morgan fingerprint density at radius 1 is 1.47 bits per heavy atom. The van der Waals surface area contributed by atoms with Gasteiger partial charge >= 0.3 is 0 Å². The van der Waals surface area contributed by atoms with Gasteiger partial charge in [0.15, 0.2) is 0 Å². The van der Waals surface area contributed by atoms with E-state index in [1.807, 2.05) is 12.1 Å². The van der Waals surface area contributed by atoms with Gasteiger partial charge in [0.05, 0.1) is 13.2 Å². The minimum Gasteiger partial charge on any atom is -0.493 e. The van der Waals surface area contributed by atoms with Crippen LogP contribution < -0.4 is 10.2 Å². The lowest BCUT2D eigenvalue weighted by molar-refractivity contribution is -0.129. The highest BCUT2D eigenvalue weighted by Crippen LogP contribution is 2.25. The summed E-state index contributed by atoms with van der Waals surface area (Å²) in [5.74, 6) is 0.826. The molecule has 0 unspecified atom stereocenters. The van der Waals surface area contributed by atoms with Crippen LogP contribution in [0.5, 0.6) is 5.75 Å². The highest BCUT2D eigenvalue weighted by Gasteiger charge is 2.10. The Hall–Kier alpha value is -1.59. The van der Waals surface area contributed by atoms with E-state index in [1.165, 1.54) is 5.56 Å². The van der Waals surface area contributed by atoms with Gasteiger partial charge in [-0.15, -0.1) is 0 Å². The van der Waals surface area contributed by atoms with E-state index >= 15 is 0 Å². The fraction of sp³-hybridized carbons (Fsp3) is 0.500. The Kier molecular flexibility index (Phi) is 4.76. The van der Waals surface area contributed by atoms with E-state index in [2.05, 4.69) is 11.5 Å². The number of fused-ring (bicyclic) bond motifs is 1. The van der Waals surface area contributed by atoms with E-state index in [4.69, 9.17) is 9.47 Å². The summed E-state index contributed by atoms with van der Waals surface area (Å²) in [6.07, 6.45) is 2.10. The molecule has 0 fully saturated rings. The molecule has 1 aliphatic rings. The van der Waals surface area contributed by atoms with Crippen molar-refractivity contribution in [1.29, 1.82) is 0 Å². The molecule has 0 bridgehead atoms. The average molecular weight is 264 g/mol. The fourth-order valence-corrected chi connectivity index (χ4v) is 2.05. The van der Waals surface area contributed by atoms with Crippen molar-refractivity contribution >= 4 is 5.91 Å². The lowest BCUT2D eigenvalue weighted by atomic mass is 10.0. The molecule has 1 aromatic carbocycles. The van der Waals surface area contributed by atoms with Crippen LogP contribution in [-0.2, 0) is 22.6 Å². The number of nitrogens with one attached hydrogen (secondary N) is 1. The second-order valence-electron chi connectivity index (χ2n) is 4.82. The van der Waals surface area contributed by atoms with Crippen molar-refractivity contribution in [3.8, 4) is 5.75 Å². The number of hydrogen-bond acceptors (Lipinski definition) is 4. The van der Waals surface area contributed by atoms with Crippen LogP contribution in [0, 0.1) is 0 Å². The van der Waals surface area contributed by atoms with Crippen molar-refractivity contribution in [2.75, 3.05) is 27.3 Å². The topological polar surface area (TPSA) is 50.8 Å². The van der Waals surface area contributed by atoms with Crippen molar-refractivity contribution in [2.45, 2.75) is 19.4 Å². The second-order valence-corrected chi connectivity index (χ2v) is 4.82. The summed E-state index contributed by atoms with van der Waals surface area (Å²) in [5, 5.41) is 1.60. The number of ether oxygens (including phenoxy) is 2. The van der Waals surface area contributed by atoms with Crippen molar-refractivity contribution in [1.82, 2.24) is 10.4 Å². The van der Waals surface area contributed by atoms with Gasteiger partial charge in [-0.05, 0) is 36.1 Å². The van der Waals surface area contributed by atoms with Crippen LogP contribution in [0.25, 0.3) is 0 Å².